The van der Waals surface area contributed by atoms with Crippen molar-refractivity contribution in [3.63, 3.8) is 0 Å². The fourth-order valence-electron chi connectivity index (χ4n) is 1.36. The minimum Gasteiger partial charge on any atom is -0.328 e. The van der Waals surface area contributed by atoms with Crippen molar-refractivity contribution in [3.8, 4) is 0 Å². The van der Waals surface area contributed by atoms with E-state index in [1.54, 1.807) is 0 Å². The van der Waals surface area contributed by atoms with Crippen molar-refractivity contribution in [2.24, 2.45) is 5.73 Å². The summed E-state index contributed by atoms with van der Waals surface area (Å²) in [4.78, 5) is 2.16. The average Bonchev–Trinajstić information content (AvgIpc) is 2.17. The number of nitrogens with two attached hydrogens (primary N) is 1. The van der Waals surface area contributed by atoms with Gasteiger partial charge in [0.15, 0.2) is 0 Å². The number of nitrogens with zero attached hydrogens (tertiary/aromatic N) is 1. The van der Waals surface area contributed by atoms with Gasteiger partial charge in [-0.2, -0.15) is 0 Å². The van der Waals surface area contributed by atoms with E-state index < -0.39 is 0 Å². The fraction of sp³-hybridized carbons (Fsp3) is 0.455. The molecule has 0 aliphatic carbocycles. The highest BCUT2D eigenvalue weighted by Crippen LogP contribution is 2.23. The maximum absolute atomic E-state index is 5.80. The molecule has 0 bridgehead atoms. The number of hydrogen-bond acceptors (Lipinski definition) is 2. The zero-order valence-corrected chi connectivity index (χ0v) is 8.62. The fourth-order valence-corrected chi connectivity index (χ4v) is 1.36. The van der Waals surface area contributed by atoms with Crippen molar-refractivity contribution < 1.29 is 0 Å². The molecule has 1 aromatic carbocycles. The van der Waals surface area contributed by atoms with Crippen LogP contribution in [0.2, 0.25) is 0 Å². The Morgan fingerprint density at radius 1 is 1.23 bits per heavy atom. The summed E-state index contributed by atoms with van der Waals surface area (Å²) in [6.07, 6.45) is 0. The molecule has 2 heteroatoms. The van der Waals surface area contributed by atoms with Crippen LogP contribution in [0.25, 0.3) is 0 Å². The molecule has 0 fully saturated rings. The lowest BCUT2D eigenvalue weighted by atomic mass is 9.91. The van der Waals surface area contributed by atoms with Crippen LogP contribution in [0.4, 0.5) is 0 Å². The molecular formula is C11H18N2. The third kappa shape index (κ3) is 1.90. The van der Waals surface area contributed by atoms with Crippen molar-refractivity contribution in [3.05, 3.63) is 35.9 Å². The molecule has 1 aromatic rings. The van der Waals surface area contributed by atoms with Crippen molar-refractivity contribution in [1.82, 2.24) is 4.90 Å². The number of hydrogen-bond donors (Lipinski definition) is 1. The van der Waals surface area contributed by atoms with Crippen LogP contribution in [0.15, 0.2) is 30.3 Å². The molecule has 0 unspecified atom stereocenters. The van der Waals surface area contributed by atoms with E-state index in [1.807, 2.05) is 18.2 Å². The minimum absolute atomic E-state index is 0.0543. The molecule has 0 aromatic heterocycles. The summed E-state index contributed by atoms with van der Waals surface area (Å²) >= 11 is 0. The van der Waals surface area contributed by atoms with E-state index in [1.165, 1.54) is 5.56 Å². The van der Waals surface area contributed by atoms with E-state index in [9.17, 15) is 0 Å². The molecule has 2 nitrogen and oxygen atoms in total. The third-order valence-electron chi connectivity index (χ3n) is 2.78. The Labute approximate surface area is 80.4 Å². The zero-order chi connectivity index (χ0) is 9.90. The Bertz CT molecular complexity index is 256. The van der Waals surface area contributed by atoms with Crippen LogP contribution in [-0.4, -0.2) is 25.5 Å². The lowest BCUT2D eigenvalue weighted by Crippen LogP contribution is -2.44. The van der Waals surface area contributed by atoms with Gasteiger partial charge in [0, 0.05) is 6.54 Å². The van der Waals surface area contributed by atoms with E-state index in [4.69, 9.17) is 5.73 Å². The van der Waals surface area contributed by atoms with Gasteiger partial charge in [-0.1, -0.05) is 30.3 Å². The molecule has 72 valence electrons. The smallest absolute Gasteiger partial charge is 0.0550 e. The summed E-state index contributed by atoms with van der Waals surface area (Å²) < 4.78 is 0. The van der Waals surface area contributed by atoms with Gasteiger partial charge >= 0.3 is 0 Å². The standard InChI is InChI=1S/C11H18N2/c1-11(9-12,13(2)3)10-7-5-4-6-8-10/h4-8H,9,12H2,1-3H3/t11-/m1/s1. The molecule has 13 heavy (non-hydrogen) atoms. The van der Waals surface area contributed by atoms with Crippen LogP contribution < -0.4 is 5.73 Å². The molecule has 0 amide bonds. The van der Waals surface area contributed by atoms with E-state index in [0.29, 0.717) is 6.54 Å². The summed E-state index contributed by atoms with van der Waals surface area (Å²) in [6, 6.07) is 10.4. The molecule has 0 aliphatic heterocycles. The monoisotopic (exact) mass is 178 g/mol. The summed E-state index contributed by atoms with van der Waals surface area (Å²) in [6.45, 7) is 2.78. The van der Waals surface area contributed by atoms with Crippen molar-refractivity contribution >= 4 is 0 Å². The molecule has 1 atom stereocenters. The van der Waals surface area contributed by atoms with E-state index >= 15 is 0 Å². The first-order valence-corrected chi connectivity index (χ1v) is 4.54. The highest BCUT2D eigenvalue weighted by molar-refractivity contribution is 5.23. The van der Waals surface area contributed by atoms with E-state index in [-0.39, 0.29) is 5.54 Å². The maximum Gasteiger partial charge on any atom is 0.0550 e. The van der Waals surface area contributed by atoms with Gasteiger partial charge < -0.3 is 5.73 Å². The topological polar surface area (TPSA) is 29.3 Å². The van der Waals surface area contributed by atoms with Crippen LogP contribution >= 0.6 is 0 Å². The largest absolute Gasteiger partial charge is 0.328 e. The van der Waals surface area contributed by atoms with Gasteiger partial charge in [0.2, 0.25) is 0 Å². The maximum atomic E-state index is 5.80. The highest BCUT2D eigenvalue weighted by Gasteiger charge is 2.26. The average molecular weight is 178 g/mol. The number of benzene rings is 1. The van der Waals surface area contributed by atoms with Gasteiger partial charge in [0.05, 0.1) is 5.54 Å². The summed E-state index contributed by atoms with van der Waals surface area (Å²) in [5.41, 5.74) is 7.01. The Morgan fingerprint density at radius 3 is 2.15 bits per heavy atom. The van der Waals surface area contributed by atoms with Gasteiger partial charge in [-0.3, -0.25) is 4.90 Å². The van der Waals surface area contributed by atoms with Crippen LogP contribution in [0.1, 0.15) is 12.5 Å². The van der Waals surface area contributed by atoms with Crippen molar-refractivity contribution in [2.45, 2.75) is 12.5 Å². The van der Waals surface area contributed by atoms with Gasteiger partial charge in [-0.05, 0) is 26.6 Å². The van der Waals surface area contributed by atoms with Gasteiger partial charge in [-0.25, -0.2) is 0 Å². The first-order valence-electron chi connectivity index (χ1n) is 4.54. The Kier molecular flexibility index (Phi) is 3.07. The molecule has 0 radical (unpaired) electrons. The Morgan fingerprint density at radius 2 is 1.77 bits per heavy atom. The van der Waals surface area contributed by atoms with Crippen molar-refractivity contribution in [1.29, 1.82) is 0 Å². The second kappa shape index (κ2) is 3.90. The molecule has 2 N–H and O–H groups in total. The first kappa shape index (κ1) is 10.2. The molecular weight excluding hydrogens is 160 g/mol. The number of rotatable bonds is 3. The van der Waals surface area contributed by atoms with Crippen LogP contribution in [0, 0.1) is 0 Å². The Hall–Kier alpha value is -0.860. The zero-order valence-electron chi connectivity index (χ0n) is 8.62. The highest BCUT2D eigenvalue weighted by atomic mass is 15.1. The molecule has 0 spiro atoms. The quantitative estimate of drug-likeness (QED) is 0.758. The summed E-state index contributed by atoms with van der Waals surface area (Å²) in [5, 5.41) is 0. The molecule has 0 saturated heterocycles. The Balaban J connectivity index is 3.03. The van der Waals surface area contributed by atoms with Gasteiger partial charge in [0.1, 0.15) is 0 Å². The van der Waals surface area contributed by atoms with Gasteiger partial charge in [0.25, 0.3) is 0 Å². The van der Waals surface area contributed by atoms with Crippen LogP contribution in [-0.2, 0) is 5.54 Å². The third-order valence-corrected chi connectivity index (χ3v) is 2.78. The predicted octanol–water partition coefficient (Wildman–Crippen LogP) is 1.42. The second-order valence-corrected chi connectivity index (χ2v) is 3.74. The first-order chi connectivity index (χ1) is 6.11. The van der Waals surface area contributed by atoms with Gasteiger partial charge in [-0.15, -0.1) is 0 Å². The normalized spacial score (nSPS) is 15.8. The minimum atomic E-state index is -0.0543. The SMILES string of the molecule is CN(C)[C@](C)(CN)c1ccccc1. The number of likely N-dealkylation sites (N-methyl/N-ethyl adjacent to an activating group) is 1. The predicted molar refractivity (Wildman–Crippen MR) is 56.5 cm³/mol. The molecule has 0 aliphatic rings. The van der Waals surface area contributed by atoms with Crippen LogP contribution in [0.5, 0.6) is 0 Å². The lowest BCUT2D eigenvalue weighted by Gasteiger charge is -2.35. The summed E-state index contributed by atoms with van der Waals surface area (Å²) in [7, 11) is 4.11. The van der Waals surface area contributed by atoms with Crippen LogP contribution in [0.3, 0.4) is 0 Å². The molecule has 0 saturated carbocycles. The van der Waals surface area contributed by atoms with E-state index in [0.717, 1.165) is 0 Å². The van der Waals surface area contributed by atoms with Crippen molar-refractivity contribution in [2.75, 3.05) is 20.6 Å². The molecule has 0 heterocycles. The van der Waals surface area contributed by atoms with E-state index in [2.05, 4.69) is 38.1 Å². The molecule has 1 rings (SSSR count). The summed E-state index contributed by atoms with van der Waals surface area (Å²) in [5.74, 6) is 0. The lowest BCUT2D eigenvalue weighted by molar-refractivity contribution is 0.183. The second-order valence-electron chi connectivity index (χ2n) is 3.74.